The van der Waals surface area contributed by atoms with Crippen LogP contribution in [-0.4, -0.2) is 49.4 Å². The van der Waals surface area contributed by atoms with Gasteiger partial charge in [0, 0.05) is 23.7 Å². The molecule has 32 heavy (non-hydrogen) atoms. The molecule has 168 valence electrons. The van der Waals surface area contributed by atoms with Gasteiger partial charge < -0.3 is 9.30 Å². The molecule has 1 aliphatic rings. The number of esters is 1. The van der Waals surface area contributed by atoms with Crippen molar-refractivity contribution in [2.24, 2.45) is 4.99 Å². The molecule has 0 N–H and O–H groups in total. The van der Waals surface area contributed by atoms with Crippen molar-refractivity contribution in [1.82, 2.24) is 8.87 Å². The molecule has 0 radical (unpaired) electrons. The molecule has 0 aliphatic heterocycles. The lowest BCUT2D eigenvalue weighted by molar-refractivity contribution is -0.141. The van der Waals surface area contributed by atoms with E-state index in [2.05, 4.69) is 4.99 Å². The zero-order chi connectivity index (χ0) is 23.0. The maximum atomic E-state index is 12.8. The van der Waals surface area contributed by atoms with Gasteiger partial charge in [-0.2, -0.15) is 9.30 Å². The number of benzene rings is 2. The van der Waals surface area contributed by atoms with Gasteiger partial charge in [0.05, 0.1) is 22.2 Å². The molecule has 1 aromatic heterocycles. The van der Waals surface area contributed by atoms with Crippen LogP contribution in [0.25, 0.3) is 10.2 Å². The number of rotatable bonds is 6. The molecule has 1 aliphatic carbocycles. The van der Waals surface area contributed by atoms with Gasteiger partial charge in [-0.25, -0.2) is 8.42 Å². The fourth-order valence-electron chi connectivity index (χ4n) is 3.20. The molecule has 0 unspecified atom stereocenters. The minimum atomic E-state index is -3.60. The second-order valence-electron chi connectivity index (χ2n) is 7.35. The Balaban J connectivity index is 1.68. The Hall–Kier alpha value is -2.53. The number of fused-ring (bicyclic) bond motifs is 1. The maximum absolute atomic E-state index is 12.8. The first-order valence-electron chi connectivity index (χ1n) is 9.73. The molecule has 2 aromatic carbocycles. The standard InChI is InChI=1S/C21H20ClN3O5S2/c1-24(15-6-7-15)32(28,29)16-8-3-13(4-9-16)20(27)23-21-25(12-19(26)30-2)17-10-5-14(22)11-18(17)31-21/h3-5,8-11,15H,6-7,12H2,1-2H3. The van der Waals surface area contributed by atoms with Crippen molar-refractivity contribution in [2.75, 3.05) is 14.2 Å². The van der Waals surface area contributed by atoms with Crippen molar-refractivity contribution in [2.45, 2.75) is 30.3 Å². The van der Waals surface area contributed by atoms with Crippen LogP contribution < -0.4 is 4.80 Å². The van der Waals surface area contributed by atoms with Crippen LogP contribution in [0.3, 0.4) is 0 Å². The lowest BCUT2D eigenvalue weighted by Gasteiger charge is -2.16. The quantitative estimate of drug-likeness (QED) is 0.491. The van der Waals surface area contributed by atoms with E-state index in [1.54, 1.807) is 29.8 Å². The van der Waals surface area contributed by atoms with Gasteiger partial charge in [0.2, 0.25) is 10.0 Å². The molecule has 1 saturated carbocycles. The van der Waals surface area contributed by atoms with Crippen LogP contribution in [0.5, 0.6) is 0 Å². The fraction of sp³-hybridized carbons (Fsp3) is 0.286. The van der Waals surface area contributed by atoms with Crippen molar-refractivity contribution in [1.29, 1.82) is 0 Å². The molecule has 8 nitrogen and oxygen atoms in total. The SMILES string of the molecule is COC(=O)Cn1c(=NC(=O)c2ccc(S(=O)(=O)N(C)C3CC3)cc2)sc2cc(Cl)ccc21. The van der Waals surface area contributed by atoms with E-state index in [1.807, 2.05) is 0 Å². The first-order valence-corrected chi connectivity index (χ1v) is 12.4. The first kappa shape index (κ1) is 22.7. The number of sulfonamides is 1. The monoisotopic (exact) mass is 493 g/mol. The summed E-state index contributed by atoms with van der Waals surface area (Å²) < 4.78 is 33.8. The third kappa shape index (κ3) is 4.49. The number of carbonyl (C=O) groups excluding carboxylic acids is 2. The highest BCUT2D eigenvalue weighted by Gasteiger charge is 2.35. The van der Waals surface area contributed by atoms with Crippen LogP contribution in [0, 0.1) is 0 Å². The Bertz CT molecular complexity index is 1370. The van der Waals surface area contributed by atoms with E-state index in [9.17, 15) is 18.0 Å². The van der Waals surface area contributed by atoms with Gasteiger partial charge in [-0.05, 0) is 55.3 Å². The number of aromatic nitrogens is 1. The summed E-state index contributed by atoms with van der Waals surface area (Å²) >= 11 is 7.28. The van der Waals surface area contributed by atoms with E-state index in [-0.39, 0.29) is 23.0 Å². The van der Waals surface area contributed by atoms with Crippen molar-refractivity contribution in [3.05, 3.63) is 57.9 Å². The van der Waals surface area contributed by atoms with E-state index in [0.717, 1.165) is 17.5 Å². The van der Waals surface area contributed by atoms with Gasteiger partial charge in [0.15, 0.2) is 4.80 Å². The Morgan fingerprint density at radius 3 is 2.53 bits per heavy atom. The van der Waals surface area contributed by atoms with E-state index in [1.165, 1.54) is 47.0 Å². The van der Waals surface area contributed by atoms with Crippen molar-refractivity contribution >= 4 is 55.1 Å². The Morgan fingerprint density at radius 1 is 1.22 bits per heavy atom. The molecular formula is C21H20ClN3O5S2. The van der Waals surface area contributed by atoms with Crippen LogP contribution in [0.2, 0.25) is 5.02 Å². The van der Waals surface area contributed by atoms with E-state index < -0.39 is 21.9 Å². The second-order valence-corrected chi connectivity index (χ2v) is 10.8. The van der Waals surface area contributed by atoms with Crippen LogP contribution in [0.1, 0.15) is 23.2 Å². The zero-order valence-electron chi connectivity index (χ0n) is 17.3. The summed E-state index contributed by atoms with van der Waals surface area (Å²) in [6, 6.07) is 10.9. The number of methoxy groups -OCH3 is 1. The maximum Gasteiger partial charge on any atom is 0.325 e. The number of ether oxygens (including phenoxy) is 1. The molecule has 11 heteroatoms. The lowest BCUT2D eigenvalue weighted by atomic mass is 10.2. The highest BCUT2D eigenvalue weighted by Crippen LogP contribution is 2.30. The van der Waals surface area contributed by atoms with Gasteiger partial charge >= 0.3 is 5.97 Å². The molecule has 1 fully saturated rings. The van der Waals surface area contributed by atoms with Gasteiger partial charge in [-0.3, -0.25) is 9.59 Å². The van der Waals surface area contributed by atoms with Gasteiger partial charge in [0.1, 0.15) is 6.54 Å². The third-order valence-corrected chi connectivity index (χ3v) is 8.40. The van der Waals surface area contributed by atoms with Crippen LogP contribution in [0.15, 0.2) is 52.4 Å². The molecule has 0 atom stereocenters. The lowest BCUT2D eigenvalue weighted by Crippen LogP contribution is -2.28. The average molecular weight is 494 g/mol. The van der Waals surface area contributed by atoms with Crippen LogP contribution >= 0.6 is 22.9 Å². The summed E-state index contributed by atoms with van der Waals surface area (Å²) in [4.78, 5) is 29.3. The predicted octanol–water partition coefficient (Wildman–Crippen LogP) is 3.05. The van der Waals surface area contributed by atoms with Crippen molar-refractivity contribution < 1.29 is 22.7 Å². The smallest absolute Gasteiger partial charge is 0.325 e. The van der Waals surface area contributed by atoms with Crippen molar-refractivity contribution in [3.63, 3.8) is 0 Å². The summed E-state index contributed by atoms with van der Waals surface area (Å²) in [5.74, 6) is -1.04. The minimum Gasteiger partial charge on any atom is -0.468 e. The number of hydrogen-bond acceptors (Lipinski definition) is 6. The molecule has 1 heterocycles. The summed E-state index contributed by atoms with van der Waals surface area (Å²) in [6.45, 7) is -0.116. The first-order chi connectivity index (χ1) is 15.2. The third-order valence-electron chi connectivity index (χ3n) is 5.20. The summed E-state index contributed by atoms with van der Waals surface area (Å²) in [5, 5.41) is 0.523. The Kier molecular flexibility index (Phi) is 6.22. The Morgan fingerprint density at radius 2 is 1.91 bits per heavy atom. The summed E-state index contributed by atoms with van der Waals surface area (Å²) in [6.07, 6.45) is 1.72. The largest absolute Gasteiger partial charge is 0.468 e. The summed E-state index contributed by atoms with van der Waals surface area (Å²) in [7, 11) is -0.747. The topological polar surface area (TPSA) is 98.0 Å². The van der Waals surface area contributed by atoms with E-state index in [4.69, 9.17) is 16.3 Å². The molecule has 3 aromatic rings. The number of thiazole rings is 1. The number of carbonyl (C=O) groups is 2. The van der Waals surface area contributed by atoms with E-state index >= 15 is 0 Å². The molecule has 0 spiro atoms. The van der Waals surface area contributed by atoms with Crippen LogP contribution in [0.4, 0.5) is 0 Å². The van der Waals surface area contributed by atoms with Gasteiger partial charge in [-0.15, -0.1) is 0 Å². The highest BCUT2D eigenvalue weighted by molar-refractivity contribution is 7.89. The van der Waals surface area contributed by atoms with Gasteiger partial charge in [-0.1, -0.05) is 22.9 Å². The normalized spacial score (nSPS) is 14.8. The predicted molar refractivity (Wildman–Crippen MR) is 121 cm³/mol. The van der Waals surface area contributed by atoms with Crippen LogP contribution in [-0.2, 0) is 26.1 Å². The molecule has 1 amide bonds. The number of halogens is 1. The summed E-state index contributed by atoms with van der Waals surface area (Å²) in [5.41, 5.74) is 0.930. The van der Waals surface area contributed by atoms with E-state index in [0.29, 0.717) is 15.3 Å². The second kappa shape index (κ2) is 8.78. The Labute approximate surface area is 193 Å². The molecular weight excluding hydrogens is 474 g/mol. The molecule has 0 saturated heterocycles. The molecule has 0 bridgehead atoms. The number of amides is 1. The molecule has 4 rings (SSSR count). The zero-order valence-corrected chi connectivity index (χ0v) is 19.7. The average Bonchev–Trinajstić information content (AvgIpc) is 3.57. The van der Waals surface area contributed by atoms with Gasteiger partial charge in [0.25, 0.3) is 5.91 Å². The number of nitrogens with zero attached hydrogens (tertiary/aromatic N) is 3. The number of hydrogen-bond donors (Lipinski definition) is 0. The minimum absolute atomic E-state index is 0.0445. The fourth-order valence-corrected chi connectivity index (χ4v) is 5.92. The van der Waals surface area contributed by atoms with Crippen molar-refractivity contribution in [3.8, 4) is 0 Å². The highest BCUT2D eigenvalue weighted by atomic mass is 35.5.